The highest BCUT2D eigenvalue weighted by Gasteiger charge is 2.30. The van der Waals surface area contributed by atoms with E-state index in [9.17, 15) is 4.79 Å². The SMILES string of the molecule is COC(=O)c1ccc2c(C3CCCCC3)c3n(c2c1)CCN(CCc1ccccc1)c1ccccc1-3. The Morgan fingerprint density at radius 3 is 2.50 bits per heavy atom. The van der Waals surface area contributed by atoms with Crippen LogP contribution in [0.25, 0.3) is 22.2 Å². The Balaban J connectivity index is 1.50. The molecule has 6 rings (SSSR count). The molecule has 4 aromatic rings. The lowest BCUT2D eigenvalue weighted by atomic mass is 9.81. The Bertz CT molecular complexity index is 1380. The summed E-state index contributed by atoms with van der Waals surface area (Å²) in [6.45, 7) is 2.82. The van der Waals surface area contributed by atoms with Gasteiger partial charge in [-0.25, -0.2) is 4.79 Å². The normalized spacial score (nSPS) is 15.9. The lowest BCUT2D eigenvalue weighted by Gasteiger charge is -2.26. The summed E-state index contributed by atoms with van der Waals surface area (Å²) in [5, 5.41) is 1.30. The van der Waals surface area contributed by atoms with Crippen molar-refractivity contribution in [3.05, 3.63) is 89.5 Å². The number of carbonyl (C=O) groups is 1. The van der Waals surface area contributed by atoms with Crippen molar-refractivity contribution in [2.45, 2.75) is 51.0 Å². The molecule has 1 saturated carbocycles. The minimum atomic E-state index is -0.273. The summed E-state index contributed by atoms with van der Waals surface area (Å²) in [6, 6.07) is 25.9. The van der Waals surface area contributed by atoms with Crippen LogP contribution in [0.15, 0.2) is 72.8 Å². The number of hydrogen-bond donors (Lipinski definition) is 0. The first-order chi connectivity index (χ1) is 17.7. The quantitative estimate of drug-likeness (QED) is 0.284. The molecule has 184 valence electrons. The summed E-state index contributed by atoms with van der Waals surface area (Å²) < 4.78 is 7.56. The Labute approximate surface area is 213 Å². The fourth-order valence-corrected chi connectivity index (χ4v) is 6.38. The van der Waals surface area contributed by atoms with E-state index in [1.165, 1.54) is 72.7 Å². The number of aromatic nitrogens is 1. The number of methoxy groups -OCH3 is 1. The number of nitrogens with zero attached hydrogens (tertiary/aromatic N) is 2. The molecule has 1 aromatic heterocycles. The van der Waals surface area contributed by atoms with Gasteiger partial charge in [0.25, 0.3) is 0 Å². The van der Waals surface area contributed by atoms with E-state index in [0.29, 0.717) is 11.5 Å². The molecule has 0 amide bonds. The van der Waals surface area contributed by atoms with E-state index in [-0.39, 0.29) is 5.97 Å². The number of para-hydroxylation sites is 1. The average Bonchev–Trinajstić information content (AvgIpc) is 3.17. The highest BCUT2D eigenvalue weighted by molar-refractivity contribution is 6.00. The van der Waals surface area contributed by atoms with Crippen molar-refractivity contribution in [2.75, 3.05) is 25.1 Å². The van der Waals surface area contributed by atoms with Crippen LogP contribution in [-0.4, -0.2) is 30.7 Å². The van der Waals surface area contributed by atoms with Crippen LogP contribution in [0, 0.1) is 0 Å². The zero-order valence-electron chi connectivity index (χ0n) is 21.1. The van der Waals surface area contributed by atoms with Crippen LogP contribution in [0.1, 0.15) is 59.5 Å². The average molecular weight is 479 g/mol. The monoisotopic (exact) mass is 478 g/mol. The molecule has 0 saturated heterocycles. The maximum atomic E-state index is 12.4. The van der Waals surface area contributed by atoms with Crippen molar-refractivity contribution in [3.63, 3.8) is 0 Å². The molecule has 0 unspecified atom stereocenters. The number of fused-ring (bicyclic) bond motifs is 5. The maximum Gasteiger partial charge on any atom is 0.337 e. The number of hydrogen-bond acceptors (Lipinski definition) is 3. The molecular weight excluding hydrogens is 444 g/mol. The smallest absolute Gasteiger partial charge is 0.337 e. The van der Waals surface area contributed by atoms with Gasteiger partial charge in [-0.05, 0) is 54.5 Å². The number of carbonyl (C=O) groups excluding carboxylic acids is 1. The minimum Gasteiger partial charge on any atom is -0.465 e. The summed E-state index contributed by atoms with van der Waals surface area (Å²) in [4.78, 5) is 15.0. The van der Waals surface area contributed by atoms with Crippen molar-refractivity contribution in [1.82, 2.24) is 4.57 Å². The lowest BCUT2D eigenvalue weighted by Crippen LogP contribution is -2.28. The molecule has 0 atom stereocenters. The van der Waals surface area contributed by atoms with E-state index in [1.807, 2.05) is 6.07 Å². The first-order valence-electron chi connectivity index (χ1n) is 13.4. The molecule has 4 heteroatoms. The van der Waals surface area contributed by atoms with E-state index < -0.39 is 0 Å². The molecule has 1 aliphatic heterocycles. The van der Waals surface area contributed by atoms with Gasteiger partial charge in [0.1, 0.15) is 0 Å². The molecule has 4 nitrogen and oxygen atoms in total. The highest BCUT2D eigenvalue weighted by atomic mass is 16.5. The molecule has 0 bridgehead atoms. The standard InChI is InChI=1S/C32H34N2O2/c1-36-32(35)25-16-17-26-29(22-25)34-21-20-33(19-18-23-10-4-2-5-11-23)28-15-9-8-14-27(28)31(34)30(26)24-12-6-3-7-13-24/h2,4-5,8-11,14-17,22,24H,3,6-7,12-13,18-21H2,1H3. The molecule has 36 heavy (non-hydrogen) atoms. The van der Waals surface area contributed by atoms with Gasteiger partial charge in [-0.15, -0.1) is 0 Å². The molecule has 2 aliphatic rings. The topological polar surface area (TPSA) is 34.5 Å². The van der Waals surface area contributed by atoms with E-state index in [4.69, 9.17) is 4.74 Å². The van der Waals surface area contributed by atoms with E-state index in [2.05, 4.69) is 76.2 Å². The Morgan fingerprint density at radius 1 is 0.917 bits per heavy atom. The second kappa shape index (κ2) is 9.85. The van der Waals surface area contributed by atoms with Crippen LogP contribution < -0.4 is 4.90 Å². The lowest BCUT2D eigenvalue weighted by molar-refractivity contribution is 0.0601. The Morgan fingerprint density at radius 2 is 1.69 bits per heavy atom. The third kappa shape index (κ3) is 4.09. The number of rotatable bonds is 5. The van der Waals surface area contributed by atoms with Gasteiger partial charge < -0.3 is 14.2 Å². The fraction of sp³-hybridized carbons (Fsp3) is 0.344. The number of ether oxygens (including phenoxy) is 1. The van der Waals surface area contributed by atoms with Crippen LogP contribution in [0.5, 0.6) is 0 Å². The second-order valence-corrected chi connectivity index (χ2v) is 10.2. The van der Waals surface area contributed by atoms with Crippen LogP contribution in [0.3, 0.4) is 0 Å². The van der Waals surface area contributed by atoms with Crippen molar-refractivity contribution in [3.8, 4) is 11.3 Å². The van der Waals surface area contributed by atoms with Gasteiger partial charge in [-0.3, -0.25) is 0 Å². The van der Waals surface area contributed by atoms with Gasteiger partial charge in [0.2, 0.25) is 0 Å². The molecule has 3 aromatic carbocycles. The Hall–Kier alpha value is -3.53. The number of esters is 1. The van der Waals surface area contributed by atoms with Gasteiger partial charge in [-0.1, -0.05) is 73.9 Å². The summed E-state index contributed by atoms with van der Waals surface area (Å²) in [5.74, 6) is 0.288. The van der Waals surface area contributed by atoms with Crippen LogP contribution >= 0.6 is 0 Å². The van der Waals surface area contributed by atoms with Crippen molar-refractivity contribution in [2.24, 2.45) is 0 Å². The molecule has 2 heterocycles. The van der Waals surface area contributed by atoms with Gasteiger partial charge >= 0.3 is 5.97 Å². The van der Waals surface area contributed by atoms with Gasteiger partial charge in [0.05, 0.1) is 18.4 Å². The third-order valence-corrected chi connectivity index (χ3v) is 8.14. The summed E-state index contributed by atoms with van der Waals surface area (Å²) in [7, 11) is 1.46. The molecule has 1 aliphatic carbocycles. The number of benzene rings is 3. The predicted molar refractivity (Wildman–Crippen MR) is 147 cm³/mol. The fourth-order valence-electron chi connectivity index (χ4n) is 6.38. The molecule has 0 N–H and O–H groups in total. The van der Waals surface area contributed by atoms with Gasteiger partial charge in [-0.2, -0.15) is 0 Å². The minimum absolute atomic E-state index is 0.273. The third-order valence-electron chi connectivity index (χ3n) is 8.14. The van der Waals surface area contributed by atoms with Crippen LogP contribution in [-0.2, 0) is 17.7 Å². The zero-order valence-corrected chi connectivity index (χ0v) is 21.1. The molecule has 0 radical (unpaired) electrons. The summed E-state index contributed by atoms with van der Waals surface area (Å²) >= 11 is 0. The molecular formula is C32H34N2O2. The first kappa shape index (κ1) is 22.9. The van der Waals surface area contributed by atoms with Gasteiger partial charge in [0, 0.05) is 41.8 Å². The summed E-state index contributed by atoms with van der Waals surface area (Å²) in [6.07, 6.45) is 7.42. The van der Waals surface area contributed by atoms with Crippen molar-refractivity contribution in [1.29, 1.82) is 0 Å². The van der Waals surface area contributed by atoms with Crippen molar-refractivity contribution >= 4 is 22.6 Å². The van der Waals surface area contributed by atoms with E-state index >= 15 is 0 Å². The van der Waals surface area contributed by atoms with E-state index in [0.717, 1.165) is 31.6 Å². The molecule has 0 spiro atoms. The largest absolute Gasteiger partial charge is 0.465 e. The van der Waals surface area contributed by atoms with Crippen molar-refractivity contribution < 1.29 is 9.53 Å². The second-order valence-electron chi connectivity index (χ2n) is 10.2. The summed E-state index contributed by atoms with van der Waals surface area (Å²) in [5.41, 5.74) is 8.64. The Kier molecular flexibility index (Phi) is 6.27. The predicted octanol–water partition coefficient (Wildman–Crippen LogP) is 7.21. The van der Waals surface area contributed by atoms with Crippen LogP contribution in [0.2, 0.25) is 0 Å². The van der Waals surface area contributed by atoms with E-state index in [1.54, 1.807) is 0 Å². The maximum absolute atomic E-state index is 12.4. The van der Waals surface area contributed by atoms with Crippen LogP contribution in [0.4, 0.5) is 5.69 Å². The highest BCUT2D eigenvalue weighted by Crippen LogP contribution is 2.47. The van der Waals surface area contributed by atoms with Gasteiger partial charge in [0.15, 0.2) is 0 Å². The zero-order chi connectivity index (χ0) is 24.5. The molecule has 1 fully saturated rings. The number of anilines is 1. The first-order valence-corrected chi connectivity index (χ1v) is 13.4.